The van der Waals surface area contributed by atoms with Gasteiger partial charge >= 0.3 is 0 Å². The summed E-state index contributed by atoms with van der Waals surface area (Å²) in [5.74, 6) is 0. The summed E-state index contributed by atoms with van der Waals surface area (Å²) < 4.78 is 0. The molecule has 0 unspecified atom stereocenters. The molecule has 0 N–H and O–H groups in total. The van der Waals surface area contributed by atoms with Gasteiger partial charge in [0, 0.05) is 23.3 Å². The topological polar surface area (TPSA) is 38.7 Å². The lowest BCUT2D eigenvalue weighted by Gasteiger charge is -2.08. The average molecular weight is 247 g/mol. The minimum atomic E-state index is 0.722. The van der Waals surface area contributed by atoms with Crippen LogP contribution >= 0.6 is 0 Å². The Bertz CT molecular complexity index is 735. The highest BCUT2D eigenvalue weighted by Gasteiger charge is 2.05. The highest BCUT2D eigenvalue weighted by Crippen LogP contribution is 2.25. The van der Waals surface area contributed by atoms with Crippen molar-refractivity contribution in [3.05, 3.63) is 67.3 Å². The van der Waals surface area contributed by atoms with E-state index < -0.39 is 0 Å². The zero-order valence-corrected chi connectivity index (χ0v) is 10.5. The van der Waals surface area contributed by atoms with Gasteiger partial charge in [0.25, 0.3) is 0 Å². The van der Waals surface area contributed by atoms with Crippen LogP contribution in [0.4, 0.5) is 0 Å². The first-order valence-electron chi connectivity index (χ1n) is 6.13. The fourth-order valence-corrected chi connectivity index (χ4v) is 2.16. The van der Waals surface area contributed by atoms with Crippen LogP contribution in [0.3, 0.4) is 0 Å². The van der Waals surface area contributed by atoms with Crippen LogP contribution < -0.4 is 0 Å². The van der Waals surface area contributed by atoms with Crippen LogP contribution in [0.1, 0.15) is 5.56 Å². The van der Waals surface area contributed by atoms with Gasteiger partial charge in [-0.05, 0) is 23.6 Å². The molecule has 19 heavy (non-hydrogen) atoms. The lowest BCUT2D eigenvalue weighted by Crippen LogP contribution is -1.90. The van der Waals surface area contributed by atoms with E-state index in [4.69, 9.17) is 0 Å². The van der Waals surface area contributed by atoms with Gasteiger partial charge in [-0.15, -0.1) is 6.58 Å². The van der Waals surface area contributed by atoms with Crippen molar-refractivity contribution in [1.82, 2.24) is 15.0 Å². The monoisotopic (exact) mass is 247 g/mol. The predicted molar refractivity (Wildman–Crippen MR) is 76.7 cm³/mol. The van der Waals surface area contributed by atoms with Crippen molar-refractivity contribution >= 4 is 11.0 Å². The average Bonchev–Trinajstić information content (AvgIpc) is 2.48. The fourth-order valence-electron chi connectivity index (χ4n) is 2.16. The van der Waals surface area contributed by atoms with Crippen LogP contribution in [-0.4, -0.2) is 15.0 Å². The van der Waals surface area contributed by atoms with Crippen LogP contribution in [0.25, 0.3) is 22.2 Å². The SMILES string of the molecule is C=CCc1ccccc1-c1cnc2ncncc2c1. The number of pyridine rings is 1. The summed E-state index contributed by atoms with van der Waals surface area (Å²) in [7, 11) is 0. The fraction of sp³-hybridized carbons (Fsp3) is 0.0625. The molecule has 3 rings (SSSR count). The minimum Gasteiger partial charge on any atom is -0.244 e. The molecule has 92 valence electrons. The van der Waals surface area contributed by atoms with Crippen LogP contribution in [0.15, 0.2) is 61.7 Å². The Hall–Kier alpha value is -2.55. The van der Waals surface area contributed by atoms with Crippen molar-refractivity contribution in [2.75, 3.05) is 0 Å². The van der Waals surface area contributed by atoms with Crippen LogP contribution in [0.2, 0.25) is 0 Å². The number of aromatic nitrogens is 3. The standard InChI is InChI=1S/C16H13N3/c1-2-5-12-6-3-4-7-15(12)13-8-14-9-17-11-19-16(14)18-10-13/h2-4,6-11H,1,5H2. The van der Waals surface area contributed by atoms with E-state index in [9.17, 15) is 0 Å². The number of rotatable bonds is 3. The summed E-state index contributed by atoms with van der Waals surface area (Å²) in [5.41, 5.74) is 4.23. The molecular formula is C16H13N3. The maximum absolute atomic E-state index is 4.38. The van der Waals surface area contributed by atoms with E-state index in [-0.39, 0.29) is 0 Å². The Morgan fingerprint density at radius 2 is 2.00 bits per heavy atom. The van der Waals surface area contributed by atoms with Gasteiger partial charge in [0.15, 0.2) is 5.65 Å². The molecule has 0 saturated heterocycles. The van der Waals surface area contributed by atoms with E-state index in [0.29, 0.717) is 0 Å². The molecule has 0 aliphatic rings. The maximum Gasteiger partial charge on any atom is 0.162 e. The smallest absolute Gasteiger partial charge is 0.162 e. The Kier molecular flexibility index (Phi) is 3.02. The molecule has 1 aromatic carbocycles. The van der Waals surface area contributed by atoms with E-state index in [1.54, 1.807) is 6.20 Å². The number of nitrogens with zero attached hydrogens (tertiary/aromatic N) is 3. The molecule has 0 saturated carbocycles. The number of hydrogen-bond donors (Lipinski definition) is 0. The highest BCUT2D eigenvalue weighted by molar-refractivity contribution is 5.80. The summed E-state index contributed by atoms with van der Waals surface area (Å²) in [6, 6.07) is 10.4. The van der Waals surface area contributed by atoms with Crippen LogP contribution in [0.5, 0.6) is 0 Å². The second-order valence-electron chi connectivity index (χ2n) is 4.31. The first-order valence-corrected chi connectivity index (χ1v) is 6.13. The highest BCUT2D eigenvalue weighted by atomic mass is 14.9. The van der Waals surface area contributed by atoms with E-state index in [0.717, 1.165) is 23.0 Å². The normalized spacial score (nSPS) is 10.5. The minimum absolute atomic E-state index is 0.722. The second-order valence-corrected chi connectivity index (χ2v) is 4.31. The van der Waals surface area contributed by atoms with Gasteiger partial charge in [0.1, 0.15) is 6.33 Å². The summed E-state index contributed by atoms with van der Waals surface area (Å²) in [6.45, 7) is 3.81. The molecule has 0 aliphatic carbocycles. The Balaban J connectivity index is 2.16. The van der Waals surface area contributed by atoms with Crippen molar-refractivity contribution in [1.29, 1.82) is 0 Å². The van der Waals surface area contributed by atoms with E-state index >= 15 is 0 Å². The van der Waals surface area contributed by atoms with Gasteiger partial charge in [-0.1, -0.05) is 30.3 Å². The van der Waals surface area contributed by atoms with Crippen molar-refractivity contribution in [3.8, 4) is 11.1 Å². The summed E-state index contributed by atoms with van der Waals surface area (Å²) in [4.78, 5) is 12.6. The van der Waals surface area contributed by atoms with E-state index in [1.165, 1.54) is 17.5 Å². The van der Waals surface area contributed by atoms with Crippen molar-refractivity contribution in [2.45, 2.75) is 6.42 Å². The third kappa shape index (κ3) is 2.22. The van der Waals surface area contributed by atoms with Gasteiger partial charge in [0.2, 0.25) is 0 Å². The summed E-state index contributed by atoms with van der Waals surface area (Å²) in [6.07, 6.45) is 7.92. The molecule has 3 aromatic rings. The molecular weight excluding hydrogens is 234 g/mol. The Labute approximate surface area is 111 Å². The molecule has 0 atom stereocenters. The third-order valence-electron chi connectivity index (χ3n) is 3.05. The molecule has 0 radical (unpaired) electrons. The molecule has 2 heterocycles. The van der Waals surface area contributed by atoms with Gasteiger partial charge in [-0.2, -0.15) is 0 Å². The van der Waals surface area contributed by atoms with Crippen molar-refractivity contribution in [2.24, 2.45) is 0 Å². The number of hydrogen-bond acceptors (Lipinski definition) is 3. The lowest BCUT2D eigenvalue weighted by atomic mass is 9.98. The third-order valence-corrected chi connectivity index (χ3v) is 3.05. The lowest BCUT2D eigenvalue weighted by molar-refractivity contribution is 1.18. The number of benzene rings is 1. The first-order chi connectivity index (χ1) is 9.38. The zero-order chi connectivity index (χ0) is 13.1. The second kappa shape index (κ2) is 4.98. The molecule has 0 spiro atoms. The molecule has 2 aromatic heterocycles. The number of allylic oxidation sites excluding steroid dienone is 1. The van der Waals surface area contributed by atoms with E-state index in [1.807, 2.05) is 24.4 Å². The van der Waals surface area contributed by atoms with Gasteiger partial charge < -0.3 is 0 Å². The maximum atomic E-state index is 4.38. The molecule has 3 heteroatoms. The predicted octanol–water partition coefficient (Wildman–Crippen LogP) is 3.42. The molecule has 0 fully saturated rings. The molecule has 3 nitrogen and oxygen atoms in total. The van der Waals surface area contributed by atoms with Crippen molar-refractivity contribution in [3.63, 3.8) is 0 Å². The van der Waals surface area contributed by atoms with Gasteiger partial charge in [-0.25, -0.2) is 15.0 Å². The molecule has 0 amide bonds. The van der Waals surface area contributed by atoms with Gasteiger partial charge in [-0.3, -0.25) is 0 Å². The Morgan fingerprint density at radius 1 is 1.11 bits per heavy atom. The van der Waals surface area contributed by atoms with Crippen LogP contribution in [0, 0.1) is 0 Å². The Morgan fingerprint density at radius 3 is 2.89 bits per heavy atom. The largest absolute Gasteiger partial charge is 0.244 e. The quantitative estimate of drug-likeness (QED) is 0.666. The summed E-state index contributed by atoms with van der Waals surface area (Å²) in [5, 5.41) is 0.952. The zero-order valence-electron chi connectivity index (χ0n) is 10.5. The molecule has 0 aliphatic heterocycles. The summed E-state index contributed by atoms with van der Waals surface area (Å²) >= 11 is 0. The number of fused-ring (bicyclic) bond motifs is 1. The first kappa shape index (κ1) is 11.5. The van der Waals surface area contributed by atoms with Crippen molar-refractivity contribution < 1.29 is 0 Å². The molecule has 0 bridgehead atoms. The van der Waals surface area contributed by atoms with E-state index in [2.05, 4.69) is 39.7 Å². The van der Waals surface area contributed by atoms with Gasteiger partial charge in [0.05, 0.1) is 0 Å². The van der Waals surface area contributed by atoms with Crippen LogP contribution in [-0.2, 0) is 6.42 Å².